The number of hydrogen-bond acceptors (Lipinski definition) is 2. The second kappa shape index (κ2) is 7.86. The molecule has 0 amide bonds. The zero-order valence-electron chi connectivity index (χ0n) is 11.4. The molecule has 1 aliphatic carbocycles. The van der Waals surface area contributed by atoms with Gasteiger partial charge in [0.2, 0.25) is 0 Å². The second-order valence-corrected chi connectivity index (χ2v) is 5.03. The molecule has 0 unspecified atom stereocenters. The van der Waals surface area contributed by atoms with Gasteiger partial charge in [0.05, 0.1) is 12.7 Å². The maximum absolute atomic E-state index is 8.67. The summed E-state index contributed by atoms with van der Waals surface area (Å²) in [5.41, 5.74) is 0.974. The van der Waals surface area contributed by atoms with Crippen molar-refractivity contribution in [2.45, 2.75) is 51.0 Å². The Morgan fingerprint density at radius 1 is 1.05 bits per heavy atom. The van der Waals surface area contributed by atoms with Gasteiger partial charge in [0, 0.05) is 12.0 Å². The van der Waals surface area contributed by atoms with E-state index in [1.807, 2.05) is 24.3 Å². The molecular weight excluding hydrogens is 236 g/mol. The van der Waals surface area contributed by atoms with E-state index in [4.69, 9.17) is 9.84 Å². The molecule has 1 aromatic carbocycles. The van der Waals surface area contributed by atoms with E-state index in [0.29, 0.717) is 12.5 Å². The van der Waals surface area contributed by atoms with Gasteiger partial charge in [-0.25, -0.2) is 0 Å². The first-order valence-corrected chi connectivity index (χ1v) is 7.25. The number of benzene rings is 1. The van der Waals surface area contributed by atoms with E-state index < -0.39 is 0 Å². The van der Waals surface area contributed by atoms with Gasteiger partial charge in [0.25, 0.3) is 0 Å². The smallest absolute Gasteiger partial charge is 0.119 e. The van der Waals surface area contributed by atoms with Gasteiger partial charge in [0.15, 0.2) is 0 Å². The molecule has 0 aromatic heterocycles. The predicted molar refractivity (Wildman–Crippen MR) is 77.1 cm³/mol. The van der Waals surface area contributed by atoms with Crippen LogP contribution >= 0.6 is 0 Å². The number of aliphatic hydroxyl groups is 1. The summed E-state index contributed by atoms with van der Waals surface area (Å²) in [5, 5.41) is 8.67. The van der Waals surface area contributed by atoms with Crippen LogP contribution in [0.2, 0.25) is 0 Å². The molecule has 1 aromatic rings. The molecule has 102 valence electrons. The number of hydrogen-bond donors (Lipinski definition) is 1. The maximum atomic E-state index is 8.67. The van der Waals surface area contributed by atoms with Gasteiger partial charge in [-0.15, -0.1) is 0 Å². The molecule has 0 spiro atoms. The zero-order valence-corrected chi connectivity index (χ0v) is 11.4. The van der Waals surface area contributed by atoms with E-state index in [2.05, 4.69) is 11.8 Å². The number of ether oxygens (including phenoxy) is 1. The van der Waals surface area contributed by atoms with Crippen LogP contribution in [0.3, 0.4) is 0 Å². The van der Waals surface area contributed by atoms with E-state index in [1.165, 1.54) is 38.5 Å². The molecule has 0 atom stereocenters. The minimum Gasteiger partial charge on any atom is -0.490 e. The molecule has 0 heterocycles. The summed E-state index contributed by atoms with van der Waals surface area (Å²) in [5.74, 6) is 6.88. The molecule has 0 radical (unpaired) electrons. The van der Waals surface area contributed by atoms with Crippen molar-refractivity contribution in [3.63, 3.8) is 0 Å². The lowest BCUT2D eigenvalue weighted by molar-refractivity contribution is 0.184. The molecule has 2 heteroatoms. The summed E-state index contributed by atoms with van der Waals surface area (Å²) in [4.78, 5) is 0. The second-order valence-electron chi connectivity index (χ2n) is 5.03. The van der Waals surface area contributed by atoms with Gasteiger partial charge in [0.1, 0.15) is 5.75 Å². The lowest BCUT2D eigenvalue weighted by Gasteiger charge is -2.16. The zero-order chi connectivity index (χ0) is 13.3. The van der Waals surface area contributed by atoms with Gasteiger partial charge in [-0.1, -0.05) is 24.7 Å². The molecule has 19 heavy (non-hydrogen) atoms. The van der Waals surface area contributed by atoms with Crippen LogP contribution in [-0.4, -0.2) is 17.8 Å². The fraction of sp³-hybridized carbons (Fsp3) is 0.529. The van der Waals surface area contributed by atoms with Crippen LogP contribution in [0.5, 0.6) is 5.75 Å². The van der Waals surface area contributed by atoms with Gasteiger partial charge >= 0.3 is 0 Å². The quantitative estimate of drug-likeness (QED) is 0.664. The van der Waals surface area contributed by atoms with Gasteiger partial charge in [-0.3, -0.25) is 0 Å². The minimum atomic E-state index is 0.121. The van der Waals surface area contributed by atoms with Gasteiger partial charge in [-0.2, -0.15) is 0 Å². The molecule has 1 N–H and O–H groups in total. The van der Waals surface area contributed by atoms with Crippen LogP contribution in [0.25, 0.3) is 0 Å². The average Bonchev–Trinajstić information content (AvgIpc) is 2.70. The lowest BCUT2D eigenvalue weighted by Crippen LogP contribution is -2.14. The fourth-order valence-corrected chi connectivity index (χ4v) is 2.39. The summed E-state index contributed by atoms with van der Waals surface area (Å²) in [6, 6.07) is 7.95. The Hall–Kier alpha value is -1.46. The first kappa shape index (κ1) is 14.0. The number of aliphatic hydroxyl groups excluding tert-OH is 1. The monoisotopic (exact) mass is 258 g/mol. The SMILES string of the molecule is OCCC#Cc1ccc(OC2CCCCCC2)cc1. The summed E-state index contributed by atoms with van der Waals surface area (Å²) in [6.45, 7) is 0.121. The third kappa shape index (κ3) is 4.96. The third-order valence-electron chi connectivity index (χ3n) is 3.43. The van der Waals surface area contributed by atoms with Crippen LogP contribution in [0.15, 0.2) is 24.3 Å². The Morgan fingerprint density at radius 2 is 1.74 bits per heavy atom. The molecule has 1 fully saturated rings. The molecular formula is C17H22O2. The first-order chi connectivity index (χ1) is 9.38. The van der Waals surface area contributed by atoms with Crippen molar-refractivity contribution in [1.29, 1.82) is 0 Å². The Balaban J connectivity index is 1.89. The minimum absolute atomic E-state index is 0.121. The van der Waals surface area contributed by atoms with Crippen LogP contribution in [-0.2, 0) is 0 Å². The maximum Gasteiger partial charge on any atom is 0.119 e. The highest BCUT2D eigenvalue weighted by atomic mass is 16.5. The van der Waals surface area contributed by atoms with Crippen molar-refractivity contribution in [3.05, 3.63) is 29.8 Å². The van der Waals surface area contributed by atoms with Crippen LogP contribution in [0.1, 0.15) is 50.5 Å². The predicted octanol–water partition coefficient (Wildman–Crippen LogP) is 3.52. The highest BCUT2D eigenvalue weighted by molar-refractivity contribution is 5.38. The molecule has 0 bridgehead atoms. The van der Waals surface area contributed by atoms with Gasteiger partial charge < -0.3 is 9.84 Å². The molecule has 1 aliphatic rings. The van der Waals surface area contributed by atoms with E-state index in [0.717, 1.165) is 11.3 Å². The van der Waals surface area contributed by atoms with Crippen molar-refractivity contribution in [1.82, 2.24) is 0 Å². The van der Waals surface area contributed by atoms with Crippen molar-refractivity contribution in [3.8, 4) is 17.6 Å². The first-order valence-electron chi connectivity index (χ1n) is 7.25. The van der Waals surface area contributed by atoms with E-state index in [9.17, 15) is 0 Å². The van der Waals surface area contributed by atoms with Crippen molar-refractivity contribution >= 4 is 0 Å². The summed E-state index contributed by atoms with van der Waals surface area (Å²) in [7, 11) is 0. The highest BCUT2D eigenvalue weighted by Gasteiger charge is 2.13. The molecule has 0 saturated heterocycles. The van der Waals surface area contributed by atoms with Crippen molar-refractivity contribution in [2.75, 3.05) is 6.61 Å². The standard InChI is InChI=1S/C17H22O2/c18-14-6-5-7-15-10-12-17(13-11-15)19-16-8-3-1-2-4-9-16/h10-13,16,18H,1-4,6,8-9,14H2. The van der Waals surface area contributed by atoms with E-state index in [-0.39, 0.29) is 6.61 Å². The highest BCUT2D eigenvalue weighted by Crippen LogP contribution is 2.22. The van der Waals surface area contributed by atoms with Crippen molar-refractivity contribution in [2.24, 2.45) is 0 Å². The summed E-state index contributed by atoms with van der Waals surface area (Å²) >= 11 is 0. The summed E-state index contributed by atoms with van der Waals surface area (Å²) < 4.78 is 6.03. The fourth-order valence-electron chi connectivity index (χ4n) is 2.39. The topological polar surface area (TPSA) is 29.5 Å². The van der Waals surface area contributed by atoms with Crippen LogP contribution < -0.4 is 4.74 Å². The number of rotatable bonds is 3. The van der Waals surface area contributed by atoms with Crippen LogP contribution in [0.4, 0.5) is 0 Å². The van der Waals surface area contributed by atoms with Gasteiger partial charge in [-0.05, 0) is 49.9 Å². The van der Waals surface area contributed by atoms with Crippen molar-refractivity contribution < 1.29 is 9.84 Å². The third-order valence-corrected chi connectivity index (χ3v) is 3.43. The molecule has 1 saturated carbocycles. The normalized spacial score (nSPS) is 16.3. The van der Waals surface area contributed by atoms with E-state index in [1.54, 1.807) is 0 Å². The van der Waals surface area contributed by atoms with E-state index >= 15 is 0 Å². The molecule has 2 rings (SSSR count). The lowest BCUT2D eigenvalue weighted by atomic mass is 10.1. The molecule has 0 aliphatic heterocycles. The Morgan fingerprint density at radius 3 is 2.37 bits per heavy atom. The molecule has 2 nitrogen and oxygen atoms in total. The average molecular weight is 258 g/mol. The Kier molecular flexibility index (Phi) is 5.78. The van der Waals surface area contributed by atoms with Crippen LogP contribution in [0, 0.1) is 11.8 Å². The Labute approximate surface area is 115 Å². The largest absolute Gasteiger partial charge is 0.490 e. The summed E-state index contributed by atoms with van der Waals surface area (Å²) in [6.07, 6.45) is 8.54. The Bertz CT molecular complexity index is 417.